The maximum absolute atomic E-state index is 5.38. The molecule has 4 heterocycles. The highest BCUT2D eigenvalue weighted by Gasteiger charge is 2.19. The van der Waals surface area contributed by atoms with Gasteiger partial charge in [0, 0.05) is 64.4 Å². The van der Waals surface area contributed by atoms with Crippen LogP contribution in [-0.4, -0.2) is 77.5 Å². The van der Waals surface area contributed by atoms with Gasteiger partial charge in [0.25, 0.3) is 0 Å². The predicted molar refractivity (Wildman–Crippen MR) is 94.6 cm³/mol. The molecular weight excluding hydrogens is 318 g/mol. The Morgan fingerprint density at radius 1 is 0.840 bits per heavy atom. The first kappa shape index (κ1) is 16.2. The van der Waals surface area contributed by atoms with E-state index in [1.807, 2.05) is 6.20 Å². The summed E-state index contributed by atoms with van der Waals surface area (Å²) in [6, 6.07) is 4.15. The van der Waals surface area contributed by atoms with Gasteiger partial charge in [-0.1, -0.05) is 0 Å². The highest BCUT2D eigenvalue weighted by atomic mass is 16.5. The van der Waals surface area contributed by atoms with Gasteiger partial charge in [-0.15, -0.1) is 10.2 Å². The number of hydrogen-bond donors (Lipinski definition) is 0. The monoisotopic (exact) mass is 341 g/mol. The molecule has 132 valence electrons. The van der Waals surface area contributed by atoms with Gasteiger partial charge >= 0.3 is 0 Å². The quantitative estimate of drug-likeness (QED) is 0.793. The molecule has 2 fully saturated rings. The van der Waals surface area contributed by atoms with Crippen molar-refractivity contribution in [2.24, 2.45) is 0 Å². The van der Waals surface area contributed by atoms with Crippen molar-refractivity contribution in [1.29, 1.82) is 0 Å². The Hall–Kier alpha value is -2.32. The minimum Gasteiger partial charge on any atom is -0.378 e. The largest absolute Gasteiger partial charge is 0.378 e. The van der Waals surface area contributed by atoms with Crippen molar-refractivity contribution in [3.63, 3.8) is 0 Å². The molecule has 2 aliphatic heterocycles. The Labute approximate surface area is 147 Å². The first-order valence-electron chi connectivity index (χ1n) is 8.77. The molecule has 4 rings (SSSR count). The van der Waals surface area contributed by atoms with Crippen LogP contribution in [0.1, 0.15) is 5.69 Å². The normalized spacial score (nSPS) is 19.2. The van der Waals surface area contributed by atoms with Gasteiger partial charge in [-0.2, -0.15) is 0 Å². The van der Waals surface area contributed by atoms with E-state index in [-0.39, 0.29) is 0 Å². The van der Waals surface area contributed by atoms with E-state index >= 15 is 0 Å². The second-order valence-electron chi connectivity index (χ2n) is 6.31. The number of anilines is 2. The van der Waals surface area contributed by atoms with Crippen molar-refractivity contribution in [1.82, 2.24) is 25.1 Å². The number of hydrogen-bond acceptors (Lipinski definition) is 8. The van der Waals surface area contributed by atoms with Crippen LogP contribution in [0.2, 0.25) is 0 Å². The summed E-state index contributed by atoms with van der Waals surface area (Å²) in [5.74, 6) is 1.89. The molecule has 2 saturated heterocycles. The summed E-state index contributed by atoms with van der Waals surface area (Å²) in [6.07, 6.45) is 5.29. The Bertz CT molecular complexity index is 652. The second-order valence-corrected chi connectivity index (χ2v) is 6.31. The SMILES string of the molecule is c1cnc(CN2CCN(c3ccc(N4CCOCC4)nn3)CC2)cn1. The summed E-state index contributed by atoms with van der Waals surface area (Å²) in [5, 5.41) is 8.85. The third-order valence-corrected chi connectivity index (χ3v) is 4.67. The van der Waals surface area contributed by atoms with Gasteiger partial charge in [0.15, 0.2) is 11.6 Å². The van der Waals surface area contributed by atoms with E-state index in [4.69, 9.17) is 4.74 Å². The third kappa shape index (κ3) is 4.02. The highest BCUT2D eigenvalue weighted by Crippen LogP contribution is 2.17. The lowest BCUT2D eigenvalue weighted by Gasteiger charge is -2.35. The zero-order chi connectivity index (χ0) is 16.9. The number of morpholine rings is 1. The fourth-order valence-corrected chi connectivity index (χ4v) is 3.22. The van der Waals surface area contributed by atoms with Gasteiger partial charge in [0.05, 0.1) is 18.9 Å². The molecule has 25 heavy (non-hydrogen) atoms. The van der Waals surface area contributed by atoms with Gasteiger partial charge in [0.2, 0.25) is 0 Å². The van der Waals surface area contributed by atoms with Crippen LogP contribution in [0.25, 0.3) is 0 Å². The Balaban J connectivity index is 1.31. The van der Waals surface area contributed by atoms with E-state index in [9.17, 15) is 0 Å². The Kier molecular flexibility index (Phi) is 4.98. The number of ether oxygens (including phenoxy) is 1. The van der Waals surface area contributed by atoms with E-state index in [1.54, 1.807) is 12.4 Å². The molecule has 8 heteroatoms. The minimum absolute atomic E-state index is 0.761. The number of rotatable bonds is 4. The van der Waals surface area contributed by atoms with Gasteiger partial charge in [0.1, 0.15) is 0 Å². The van der Waals surface area contributed by atoms with E-state index < -0.39 is 0 Å². The number of nitrogens with zero attached hydrogens (tertiary/aromatic N) is 7. The van der Waals surface area contributed by atoms with E-state index in [0.29, 0.717) is 0 Å². The van der Waals surface area contributed by atoms with Crippen molar-refractivity contribution in [3.8, 4) is 0 Å². The molecule has 2 aromatic heterocycles. The first-order chi connectivity index (χ1) is 12.4. The zero-order valence-corrected chi connectivity index (χ0v) is 14.3. The molecule has 0 amide bonds. The maximum Gasteiger partial charge on any atom is 0.151 e. The molecule has 2 aliphatic rings. The lowest BCUT2D eigenvalue weighted by Crippen LogP contribution is -2.46. The van der Waals surface area contributed by atoms with Crippen LogP contribution in [0.3, 0.4) is 0 Å². The molecule has 0 N–H and O–H groups in total. The van der Waals surface area contributed by atoms with Gasteiger partial charge in [-0.25, -0.2) is 0 Å². The minimum atomic E-state index is 0.761. The molecule has 0 radical (unpaired) electrons. The number of aromatic nitrogens is 4. The molecule has 0 aromatic carbocycles. The molecule has 0 atom stereocenters. The fourth-order valence-electron chi connectivity index (χ4n) is 3.22. The van der Waals surface area contributed by atoms with E-state index in [0.717, 1.165) is 76.4 Å². The van der Waals surface area contributed by atoms with Crippen molar-refractivity contribution in [3.05, 3.63) is 36.4 Å². The Morgan fingerprint density at radius 3 is 2.12 bits per heavy atom. The fraction of sp³-hybridized carbons (Fsp3) is 0.529. The topological polar surface area (TPSA) is 70.5 Å². The van der Waals surface area contributed by atoms with Gasteiger partial charge < -0.3 is 14.5 Å². The van der Waals surface area contributed by atoms with Crippen LogP contribution in [-0.2, 0) is 11.3 Å². The van der Waals surface area contributed by atoms with Gasteiger partial charge in [-0.05, 0) is 12.1 Å². The van der Waals surface area contributed by atoms with Crippen molar-refractivity contribution >= 4 is 11.6 Å². The second kappa shape index (κ2) is 7.71. The van der Waals surface area contributed by atoms with Crippen LogP contribution in [0.5, 0.6) is 0 Å². The lowest BCUT2D eigenvalue weighted by atomic mass is 10.3. The van der Waals surface area contributed by atoms with Crippen LogP contribution >= 0.6 is 0 Å². The van der Waals surface area contributed by atoms with Crippen molar-refractivity contribution in [2.45, 2.75) is 6.54 Å². The smallest absolute Gasteiger partial charge is 0.151 e. The summed E-state index contributed by atoms with van der Waals surface area (Å²) in [5.41, 5.74) is 1.02. The van der Waals surface area contributed by atoms with E-state index in [2.05, 4.69) is 47.0 Å². The summed E-state index contributed by atoms with van der Waals surface area (Å²) in [4.78, 5) is 15.4. The molecule has 0 spiro atoms. The summed E-state index contributed by atoms with van der Waals surface area (Å²) < 4.78 is 5.38. The van der Waals surface area contributed by atoms with Crippen LogP contribution in [0.15, 0.2) is 30.7 Å². The zero-order valence-electron chi connectivity index (χ0n) is 14.3. The summed E-state index contributed by atoms with van der Waals surface area (Å²) >= 11 is 0. The van der Waals surface area contributed by atoms with Crippen LogP contribution < -0.4 is 9.80 Å². The molecule has 0 bridgehead atoms. The number of piperazine rings is 1. The molecule has 0 aliphatic carbocycles. The average Bonchev–Trinajstić information content (AvgIpc) is 2.70. The van der Waals surface area contributed by atoms with Gasteiger partial charge in [-0.3, -0.25) is 14.9 Å². The highest BCUT2D eigenvalue weighted by molar-refractivity contribution is 5.45. The first-order valence-corrected chi connectivity index (χ1v) is 8.77. The molecule has 2 aromatic rings. The average molecular weight is 341 g/mol. The lowest BCUT2D eigenvalue weighted by molar-refractivity contribution is 0.122. The van der Waals surface area contributed by atoms with Crippen LogP contribution in [0.4, 0.5) is 11.6 Å². The van der Waals surface area contributed by atoms with Crippen molar-refractivity contribution in [2.75, 3.05) is 62.3 Å². The molecule has 0 unspecified atom stereocenters. The third-order valence-electron chi connectivity index (χ3n) is 4.67. The predicted octanol–water partition coefficient (Wildman–Crippen LogP) is 0.425. The molecule has 0 saturated carbocycles. The van der Waals surface area contributed by atoms with Crippen molar-refractivity contribution < 1.29 is 4.74 Å². The molecule has 8 nitrogen and oxygen atoms in total. The molecular formula is C17H23N7O. The summed E-state index contributed by atoms with van der Waals surface area (Å²) in [7, 11) is 0. The van der Waals surface area contributed by atoms with Crippen LogP contribution in [0, 0.1) is 0 Å². The summed E-state index contributed by atoms with van der Waals surface area (Å²) in [6.45, 7) is 8.02. The van der Waals surface area contributed by atoms with E-state index in [1.165, 1.54) is 0 Å². The standard InChI is InChI=1S/C17H23N7O/c1-2-17(24-9-11-25-12-10-24)21-20-16(1)23-7-5-22(6-8-23)14-15-13-18-3-4-19-15/h1-4,13H,5-12,14H2. The Morgan fingerprint density at radius 2 is 1.52 bits per heavy atom. The maximum atomic E-state index is 5.38.